The van der Waals surface area contributed by atoms with Gasteiger partial charge < -0.3 is 4.90 Å². The summed E-state index contributed by atoms with van der Waals surface area (Å²) in [6.45, 7) is 1.24. The second-order valence-electron chi connectivity index (χ2n) is 12.8. The lowest BCUT2D eigenvalue weighted by molar-refractivity contribution is -0.0524. The Labute approximate surface area is 231 Å². The molecule has 1 aromatic carbocycles. The number of fused-ring (bicyclic) bond motifs is 1. The molecule has 5 fully saturated rings. The number of carbonyl (C=O) groups excluding carboxylic acids is 1. The van der Waals surface area contributed by atoms with Crippen molar-refractivity contribution < 1.29 is 13.6 Å². The predicted octanol–water partition coefficient (Wildman–Crippen LogP) is 6.19. The number of hydrogen-bond acceptors (Lipinski definition) is 5. The highest BCUT2D eigenvalue weighted by Crippen LogP contribution is 2.61. The van der Waals surface area contributed by atoms with Crippen molar-refractivity contribution >= 4 is 22.6 Å². The number of benzene rings is 1. The van der Waals surface area contributed by atoms with Gasteiger partial charge in [-0.25, -0.2) is 13.8 Å². The summed E-state index contributed by atoms with van der Waals surface area (Å²) in [4.78, 5) is 34.4. The summed E-state index contributed by atoms with van der Waals surface area (Å²) in [5.74, 6) is 0.773. The highest BCUT2D eigenvalue weighted by Gasteiger charge is 2.51. The zero-order valence-electron chi connectivity index (χ0n) is 22.4. The third kappa shape index (κ3) is 4.31. The summed E-state index contributed by atoms with van der Waals surface area (Å²) in [5, 5.41) is 9.65. The monoisotopic (exact) mass is 542 g/mol. The molecule has 8 heteroatoms. The smallest absolute Gasteiger partial charge is 0.201 e. The van der Waals surface area contributed by atoms with E-state index >= 15 is 4.39 Å². The van der Waals surface area contributed by atoms with Crippen LogP contribution in [0.15, 0.2) is 41.3 Å². The molecule has 6 nitrogen and oxygen atoms in total. The van der Waals surface area contributed by atoms with Gasteiger partial charge in [-0.3, -0.25) is 14.2 Å². The number of carbonyl (C=O) groups is 1. The minimum atomic E-state index is -0.806. The number of halogens is 2. The molecule has 4 bridgehead atoms. The van der Waals surface area contributed by atoms with E-state index in [0.29, 0.717) is 43.1 Å². The fourth-order valence-electron chi connectivity index (χ4n) is 8.66. The van der Waals surface area contributed by atoms with Crippen LogP contribution in [0.3, 0.4) is 0 Å². The van der Waals surface area contributed by atoms with Gasteiger partial charge in [0.1, 0.15) is 17.5 Å². The van der Waals surface area contributed by atoms with Crippen LogP contribution in [0.5, 0.6) is 0 Å². The zero-order valence-corrected chi connectivity index (χ0v) is 22.4. The fourth-order valence-corrected chi connectivity index (χ4v) is 8.66. The number of pyridine rings is 2. The number of rotatable bonds is 5. The maximum Gasteiger partial charge on any atom is 0.201 e. The first-order valence-electron chi connectivity index (χ1n) is 14.5. The van der Waals surface area contributed by atoms with E-state index in [9.17, 15) is 19.2 Å². The SMILES string of the molecule is N#CC1CCCN(c2ccc3c(=O)c(C(=O)CC45CC6CC(CC(C6)C4)C5)cn(-c4ccc(F)cc4F)c3n2)C1. The summed E-state index contributed by atoms with van der Waals surface area (Å²) >= 11 is 0. The maximum absolute atomic E-state index is 15.1. The average Bonchev–Trinajstić information content (AvgIpc) is 2.92. The lowest BCUT2D eigenvalue weighted by Gasteiger charge is -2.56. The molecule has 0 N–H and O–H groups in total. The molecule has 40 heavy (non-hydrogen) atoms. The van der Waals surface area contributed by atoms with Crippen LogP contribution < -0.4 is 10.3 Å². The van der Waals surface area contributed by atoms with E-state index in [0.717, 1.165) is 44.2 Å². The van der Waals surface area contributed by atoms with E-state index in [2.05, 4.69) is 6.07 Å². The molecule has 0 radical (unpaired) electrons. The Hall–Kier alpha value is -3.60. The van der Waals surface area contributed by atoms with Crippen molar-refractivity contribution in [3.05, 3.63) is 63.9 Å². The van der Waals surface area contributed by atoms with Crippen molar-refractivity contribution in [2.75, 3.05) is 18.0 Å². The minimum absolute atomic E-state index is 0.0217. The van der Waals surface area contributed by atoms with Gasteiger partial charge in [0.05, 0.1) is 28.6 Å². The summed E-state index contributed by atoms with van der Waals surface area (Å²) < 4.78 is 30.4. The Kier molecular flexibility index (Phi) is 6.03. The number of Topliss-reactive ketones (excluding diaryl/α,β-unsaturated/α-hetero) is 1. The number of anilines is 1. The lowest BCUT2D eigenvalue weighted by atomic mass is 9.48. The largest absolute Gasteiger partial charge is 0.355 e. The van der Waals surface area contributed by atoms with Crippen molar-refractivity contribution in [2.45, 2.75) is 57.8 Å². The maximum atomic E-state index is 15.1. The number of piperidine rings is 1. The number of aromatic nitrogens is 2. The topological polar surface area (TPSA) is 79.0 Å². The van der Waals surface area contributed by atoms with Crippen molar-refractivity contribution in [1.29, 1.82) is 5.26 Å². The van der Waals surface area contributed by atoms with E-state index in [1.165, 1.54) is 36.1 Å². The molecular weight excluding hydrogens is 510 g/mol. The molecule has 1 atom stereocenters. The van der Waals surface area contributed by atoms with E-state index in [-0.39, 0.29) is 39.4 Å². The van der Waals surface area contributed by atoms with Crippen LogP contribution in [0.2, 0.25) is 0 Å². The van der Waals surface area contributed by atoms with Gasteiger partial charge in [0.15, 0.2) is 11.4 Å². The van der Waals surface area contributed by atoms with Gasteiger partial charge >= 0.3 is 0 Å². The number of nitriles is 1. The first-order valence-corrected chi connectivity index (χ1v) is 14.5. The van der Waals surface area contributed by atoms with Crippen molar-refractivity contribution in [1.82, 2.24) is 9.55 Å². The number of nitrogens with zero attached hydrogens (tertiary/aromatic N) is 4. The third-order valence-corrected chi connectivity index (χ3v) is 9.93. The van der Waals surface area contributed by atoms with Gasteiger partial charge in [-0.2, -0.15) is 5.26 Å². The summed E-state index contributed by atoms with van der Waals surface area (Å²) in [6.07, 6.45) is 10.3. The second-order valence-corrected chi connectivity index (χ2v) is 12.8. The van der Waals surface area contributed by atoms with Crippen molar-refractivity contribution in [3.8, 4) is 11.8 Å². The third-order valence-electron chi connectivity index (χ3n) is 9.93. The quantitative estimate of drug-likeness (QED) is 0.359. The molecule has 5 aliphatic rings. The van der Waals surface area contributed by atoms with Crippen LogP contribution in [-0.2, 0) is 0 Å². The molecule has 2 aromatic heterocycles. The predicted molar refractivity (Wildman–Crippen MR) is 147 cm³/mol. The van der Waals surface area contributed by atoms with E-state index in [1.54, 1.807) is 12.1 Å². The van der Waals surface area contributed by atoms with Crippen LogP contribution in [-0.4, -0.2) is 28.4 Å². The van der Waals surface area contributed by atoms with Gasteiger partial charge in [-0.1, -0.05) is 0 Å². The fraction of sp³-hybridized carbons (Fsp3) is 0.500. The molecule has 4 saturated carbocycles. The summed E-state index contributed by atoms with van der Waals surface area (Å²) in [7, 11) is 0. The molecule has 206 valence electrons. The Morgan fingerprint density at radius 3 is 2.48 bits per heavy atom. The molecule has 4 aliphatic carbocycles. The molecule has 3 heterocycles. The second kappa shape index (κ2) is 9.50. The van der Waals surface area contributed by atoms with Crippen LogP contribution in [0, 0.1) is 52.1 Å². The lowest BCUT2D eigenvalue weighted by Crippen LogP contribution is -2.47. The van der Waals surface area contributed by atoms with Gasteiger partial charge in [-0.05, 0) is 98.8 Å². The molecular formula is C32H32F2N4O2. The Morgan fingerprint density at radius 2 is 1.80 bits per heavy atom. The average molecular weight is 543 g/mol. The van der Waals surface area contributed by atoms with E-state index in [1.807, 2.05) is 4.90 Å². The molecule has 0 spiro atoms. The molecule has 1 aliphatic heterocycles. The van der Waals surface area contributed by atoms with E-state index < -0.39 is 17.1 Å². The Morgan fingerprint density at radius 1 is 1.07 bits per heavy atom. The standard InChI is InChI=1S/C32H32F2N4O2/c33-23-3-5-27(26(34)11-23)38-18-25(28(39)15-32-12-20-8-21(13-32)10-22(9-20)14-32)30(40)24-4-6-29(36-31(24)38)37-7-1-2-19(16-35)17-37/h3-6,11,18-22H,1-2,7-10,12-15,17H2. The number of hydrogen-bond donors (Lipinski definition) is 0. The van der Waals surface area contributed by atoms with Crippen LogP contribution >= 0.6 is 0 Å². The summed E-state index contributed by atoms with van der Waals surface area (Å²) in [6, 6.07) is 8.97. The molecule has 3 aromatic rings. The van der Waals surface area contributed by atoms with Gasteiger partial charge in [0.25, 0.3) is 0 Å². The summed E-state index contributed by atoms with van der Waals surface area (Å²) in [5.41, 5.74) is -0.195. The molecule has 8 rings (SSSR count). The van der Waals surface area contributed by atoms with Crippen LogP contribution in [0.1, 0.15) is 68.1 Å². The molecule has 1 unspecified atom stereocenters. The van der Waals surface area contributed by atoms with Gasteiger partial charge in [-0.15, -0.1) is 0 Å². The molecule has 1 saturated heterocycles. The van der Waals surface area contributed by atoms with Crippen LogP contribution in [0.25, 0.3) is 16.7 Å². The zero-order chi connectivity index (χ0) is 27.6. The van der Waals surface area contributed by atoms with Gasteiger partial charge in [0.2, 0.25) is 5.43 Å². The molecule has 0 amide bonds. The van der Waals surface area contributed by atoms with E-state index in [4.69, 9.17) is 4.98 Å². The Balaban J connectivity index is 1.32. The normalized spacial score (nSPS) is 29.1. The van der Waals surface area contributed by atoms with Crippen molar-refractivity contribution in [3.63, 3.8) is 0 Å². The Bertz CT molecular complexity index is 1590. The highest BCUT2D eigenvalue weighted by molar-refractivity contribution is 5.99. The van der Waals surface area contributed by atoms with Gasteiger partial charge in [0, 0.05) is 31.8 Å². The number of ketones is 1. The van der Waals surface area contributed by atoms with Crippen LogP contribution in [0.4, 0.5) is 14.6 Å². The first kappa shape index (κ1) is 25.4. The minimum Gasteiger partial charge on any atom is -0.355 e. The van der Waals surface area contributed by atoms with Crippen molar-refractivity contribution in [2.24, 2.45) is 29.1 Å². The highest BCUT2D eigenvalue weighted by atomic mass is 19.1. The first-order chi connectivity index (χ1) is 19.3.